The minimum absolute atomic E-state index is 0.288. The number of nitrogens with one attached hydrogen (secondary N) is 1. The first-order valence-electron chi connectivity index (χ1n) is 8.20. The fourth-order valence-electron chi connectivity index (χ4n) is 2.43. The first-order valence-corrected chi connectivity index (χ1v) is 9.08. The van der Waals surface area contributed by atoms with E-state index in [1.165, 1.54) is 23.7 Å². The average molecular weight is 402 g/mol. The van der Waals surface area contributed by atoms with Crippen LogP contribution in [0.25, 0.3) is 11.3 Å². The topological polar surface area (TPSA) is 99.9 Å². The van der Waals surface area contributed by atoms with Gasteiger partial charge in [-0.25, -0.2) is 9.78 Å². The number of thiazole rings is 1. The molecule has 0 aliphatic rings. The number of nitrogens with zero attached hydrogens (tertiary/aromatic N) is 1. The SMILES string of the molecule is COc1ccc(-c2csc(NC(=O)COC(=O)c3ccoc3C)n2)c(OC)c1. The molecule has 0 radical (unpaired) electrons. The van der Waals surface area contributed by atoms with Gasteiger partial charge in [0, 0.05) is 17.0 Å². The summed E-state index contributed by atoms with van der Waals surface area (Å²) in [5, 5.41) is 4.78. The fourth-order valence-corrected chi connectivity index (χ4v) is 3.15. The molecule has 1 N–H and O–H groups in total. The van der Waals surface area contributed by atoms with Gasteiger partial charge in [-0.2, -0.15) is 0 Å². The summed E-state index contributed by atoms with van der Waals surface area (Å²) in [7, 11) is 3.13. The third-order valence-electron chi connectivity index (χ3n) is 3.85. The van der Waals surface area contributed by atoms with Crippen LogP contribution in [-0.2, 0) is 9.53 Å². The highest BCUT2D eigenvalue weighted by Crippen LogP contribution is 2.34. The second kappa shape index (κ2) is 8.57. The molecule has 8 nitrogen and oxygen atoms in total. The molecule has 0 fully saturated rings. The molecule has 0 bridgehead atoms. The lowest BCUT2D eigenvalue weighted by molar-refractivity contribution is -0.119. The van der Waals surface area contributed by atoms with Crippen LogP contribution >= 0.6 is 11.3 Å². The minimum Gasteiger partial charge on any atom is -0.497 e. The summed E-state index contributed by atoms with van der Waals surface area (Å²) in [5.74, 6) is 0.593. The standard InChI is InChI=1S/C19H18N2O6S/c1-11-13(6-7-26-11)18(23)27-9-17(22)21-19-20-15(10-28-19)14-5-4-12(24-2)8-16(14)25-3/h4-8,10H,9H2,1-3H3,(H,20,21,22). The normalized spacial score (nSPS) is 10.4. The summed E-state index contributed by atoms with van der Waals surface area (Å²) in [6.45, 7) is 1.21. The van der Waals surface area contributed by atoms with Gasteiger partial charge in [0.15, 0.2) is 11.7 Å². The Morgan fingerprint density at radius 2 is 2.04 bits per heavy atom. The quantitative estimate of drug-likeness (QED) is 0.604. The fraction of sp³-hybridized carbons (Fsp3) is 0.211. The monoisotopic (exact) mass is 402 g/mol. The zero-order chi connectivity index (χ0) is 20.1. The summed E-state index contributed by atoms with van der Waals surface area (Å²) in [6.07, 6.45) is 1.39. The van der Waals surface area contributed by atoms with Gasteiger partial charge in [-0.1, -0.05) is 0 Å². The summed E-state index contributed by atoms with van der Waals surface area (Å²) in [5.41, 5.74) is 1.70. The van der Waals surface area contributed by atoms with Crippen molar-refractivity contribution < 1.29 is 28.2 Å². The van der Waals surface area contributed by atoms with E-state index in [-0.39, 0.29) is 5.56 Å². The van der Waals surface area contributed by atoms with Crippen molar-refractivity contribution in [1.29, 1.82) is 0 Å². The number of benzene rings is 1. The molecule has 2 heterocycles. The van der Waals surface area contributed by atoms with Gasteiger partial charge >= 0.3 is 5.97 Å². The number of ether oxygens (including phenoxy) is 3. The molecule has 0 saturated heterocycles. The highest BCUT2D eigenvalue weighted by atomic mass is 32.1. The maximum absolute atomic E-state index is 12.0. The number of hydrogen-bond donors (Lipinski definition) is 1. The zero-order valence-corrected chi connectivity index (χ0v) is 16.3. The maximum Gasteiger partial charge on any atom is 0.342 e. The van der Waals surface area contributed by atoms with Crippen molar-refractivity contribution in [3.05, 3.63) is 47.2 Å². The maximum atomic E-state index is 12.0. The van der Waals surface area contributed by atoms with E-state index in [0.717, 1.165) is 5.56 Å². The van der Waals surface area contributed by atoms with Crippen LogP contribution in [0.2, 0.25) is 0 Å². The van der Waals surface area contributed by atoms with E-state index in [1.54, 1.807) is 38.7 Å². The number of amides is 1. The summed E-state index contributed by atoms with van der Waals surface area (Å²) in [4.78, 5) is 28.3. The van der Waals surface area contributed by atoms with Crippen LogP contribution < -0.4 is 14.8 Å². The van der Waals surface area contributed by atoms with E-state index in [2.05, 4.69) is 10.3 Å². The number of aryl methyl sites for hydroxylation is 1. The Kier molecular flexibility index (Phi) is 5.95. The van der Waals surface area contributed by atoms with Crippen molar-refractivity contribution in [2.75, 3.05) is 26.1 Å². The lowest BCUT2D eigenvalue weighted by atomic mass is 10.1. The molecule has 0 aliphatic heterocycles. The van der Waals surface area contributed by atoms with Crippen LogP contribution in [0.15, 0.2) is 40.3 Å². The van der Waals surface area contributed by atoms with Crippen LogP contribution in [0.3, 0.4) is 0 Å². The molecule has 9 heteroatoms. The molecule has 3 aromatic rings. The molecule has 0 spiro atoms. The molecule has 28 heavy (non-hydrogen) atoms. The highest BCUT2D eigenvalue weighted by Gasteiger charge is 2.16. The van der Waals surface area contributed by atoms with Gasteiger partial charge in [-0.05, 0) is 25.1 Å². The molecule has 0 atom stereocenters. The number of esters is 1. The van der Waals surface area contributed by atoms with E-state index in [0.29, 0.717) is 28.1 Å². The van der Waals surface area contributed by atoms with Gasteiger partial charge in [0.25, 0.3) is 5.91 Å². The highest BCUT2D eigenvalue weighted by molar-refractivity contribution is 7.14. The summed E-state index contributed by atoms with van der Waals surface area (Å²) >= 11 is 1.25. The molecule has 2 aromatic heterocycles. The van der Waals surface area contributed by atoms with E-state index in [1.807, 2.05) is 6.07 Å². The van der Waals surface area contributed by atoms with Gasteiger partial charge in [-0.15, -0.1) is 11.3 Å². The van der Waals surface area contributed by atoms with E-state index in [4.69, 9.17) is 18.6 Å². The molecule has 3 rings (SSSR count). The molecular weight excluding hydrogens is 384 g/mol. The lowest BCUT2D eigenvalue weighted by Crippen LogP contribution is -2.20. The van der Waals surface area contributed by atoms with Crippen molar-refractivity contribution in [2.45, 2.75) is 6.92 Å². The predicted molar refractivity (Wildman–Crippen MR) is 103 cm³/mol. The molecule has 1 amide bonds. The van der Waals surface area contributed by atoms with Gasteiger partial charge in [-0.3, -0.25) is 10.1 Å². The Balaban J connectivity index is 1.62. The van der Waals surface area contributed by atoms with Crippen molar-refractivity contribution >= 4 is 28.3 Å². The van der Waals surface area contributed by atoms with Crippen LogP contribution in [0.1, 0.15) is 16.1 Å². The minimum atomic E-state index is -0.621. The average Bonchev–Trinajstić information content (AvgIpc) is 3.34. The second-order valence-corrected chi connectivity index (χ2v) is 6.48. The van der Waals surface area contributed by atoms with Gasteiger partial charge in [0.05, 0.1) is 26.2 Å². The Bertz CT molecular complexity index is 994. The Labute approximate surface area is 165 Å². The van der Waals surface area contributed by atoms with Crippen molar-refractivity contribution in [3.63, 3.8) is 0 Å². The smallest absolute Gasteiger partial charge is 0.342 e. The first kappa shape index (κ1) is 19.4. The third-order valence-corrected chi connectivity index (χ3v) is 4.61. The van der Waals surface area contributed by atoms with Crippen LogP contribution in [-0.4, -0.2) is 37.7 Å². The zero-order valence-electron chi connectivity index (χ0n) is 15.5. The number of methoxy groups -OCH3 is 2. The summed E-state index contributed by atoms with van der Waals surface area (Å²) in [6, 6.07) is 6.87. The molecular formula is C19H18N2O6S. The Morgan fingerprint density at radius 1 is 1.21 bits per heavy atom. The Hall–Kier alpha value is -3.33. The predicted octanol–water partition coefficient (Wildman–Crippen LogP) is 3.52. The van der Waals surface area contributed by atoms with E-state index in [9.17, 15) is 9.59 Å². The van der Waals surface area contributed by atoms with Crippen molar-refractivity contribution in [1.82, 2.24) is 4.98 Å². The van der Waals surface area contributed by atoms with Crippen LogP contribution in [0, 0.1) is 6.92 Å². The number of aromatic nitrogens is 1. The lowest BCUT2D eigenvalue weighted by Gasteiger charge is -2.08. The van der Waals surface area contributed by atoms with Crippen LogP contribution in [0.4, 0.5) is 5.13 Å². The number of anilines is 1. The van der Waals surface area contributed by atoms with E-state index < -0.39 is 18.5 Å². The van der Waals surface area contributed by atoms with Crippen LogP contribution in [0.5, 0.6) is 11.5 Å². The molecule has 146 valence electrons. The number of carbonyl (C=O) groups is 2. The number of hydrogen-bond acceptors (Lipinski definition) is 8. The number of rotatable bonds is 7. The molecule has 0 unspecified atom stereocenters. The number of carbonyl (C=O) groups excluding carboxylic acids is 2. The van der Waals surface area contributed by atoms with Gasteiger partial charge in [0.1, 0.15) is 22.8 Å². The van der Waals surface area contributed by atoms with Gasteiger partial charge in [0.2, 0.25) is 0 Å². The second-order valence-electron chi connectivity index (χ2n) is 5.62. The molecule has 0 saturated carbocycles. The van der Waals surface area contributed by atoms with Gasteiger partial charge < -0.3 is 18.6 Å². The Morgan fingerprint density at radius 3 is 2.71 bits per heavy atom. The molecule has 1 aromatic carbocycles. The first-order chi connectivity index (χ1) is 13.5. The number of furan rings is 1. The van der Waals surface area contributed by atoms with E-state index >= 15 is 0 Å². The summed E-state index contributed by atoms with van der Waals surface area (Å²) < 4.78 is 20.6. The molecule has 0 aliphatic carbocycles. The largest absolute Gasteiger partial charge is 0.497 e. The third kappa shape index (κ3) is 4.32. The van der Waals surface area contributed by atoms with Crippen molar-refractivity contribution in [2.24, 2.45) is 0 Å². The van der Waals surface area contributed by atoms with Crippen molar-refractivity contribution in [3.8, 4) is 22.8 Å².